The lowest BCUT2D eigenvalue weighted by atomic mass is 10.2. The monoisotopic (exact) mass is 273 g/mol. The van der Waals surface area contributed by atoms with Crippen LogP contribution < -0.4 is 5.32 Å². The van der Waals surface area contributed by atoms with Gasteiger partial charge in [0.15, 0.2) is 0 Å². The molecule has 1 N–H and O–H groups in total. The normalized spacial score (nSPS) is 11.1. The fourth-order valence-corrected chi connectivity index (χ4v) is 1.98. The van der Waals surface area contributed by atoms with Crippen LogP contribution in [0.15, 0.2) is 0 Å². The molecular formula is C13H24ClN3O. The Hall–Kier alpha value is -0.580. The lowest BCUT2D eigenvalue weighted by molar-refractivity contribution is 0.129. The van der Waals surface area contributed by atoms with E-state index in [0.29, 0.717) is 0 Å². The number of hydrogen-bond donors (Lipinski definition) is 1. The van der Waals surface area contributed by atoms with Gasteiger partial charge < -0.3 is 10.1 Å². The molecule has 0 aromatic carbocycles. The van der Waals surface area contributed by atoms with Crippen molar-refractivity contribution in [1.29, 1.82) is 0 Å². The van der Waals surface area contributed by atoms with Crippen molar-refractivity contribution in [2.75, 3.05) is 19.8 Å². The molecule has 1 aromatic heterocycles. The zero-order valence-electron chi connectivity index (χ0n) is 11.6. The first-order chi connectivity index (χ1) is 8.66. The van der Waals surface area contributed by atoms with Gasteiger partial charge in [-0.25, -0.2) is 0 Å². The fraction of sp³-hybridized carbons (Fsp3) is 0.769. The van der Waals surface area contributed by atoms with E-state index in [9.17, 15) is 0 Å². The van der Waals surface area contributed by atoms with Gasteiger partial charge in [-0.05, 0) is 26.3 Å². The molecule has 18 heavy (non-hydrogen) atoms. The molecule has 0 aliphatic heterocycles. The Labute approximate surface area is 115 Å². The highest BCUT2D eigenvalue weighted by Gasteiger charge is 2.09. The highest BCUT2D eigenvalue weighted by Crippen LogP contribution is 2.17. The molecule has 0 saturated carbocycles. The van der Waals surface area contributed by atoms with Gasteiger partial charge in [-0.1, -0.05) is 24.9 Å². The maximum absolute atomic E-state index is 6.15. The molecule has 1 heterocycles. The van der Waals surface area contributed by atoms with E-state index in [-0.39, 0.29) is 0 Å². The third-order valence-corrected chi connectivity index (χ3v) is 3.33. The quantitative estimate of drug-likeness (QED) is 0.703. The van der Waals surface area contributed by atoms with Crippen LogP contribution in [0.1, 0.15) is 37.4 Å². The van der Waals surface area contributed by atoms with Gasteiger partial charge in [0.1, 0.15) is 5.15 Å². The Morgan fingerprint density at radius 2 is 2.06 bits per heavy atom. The van der Waals surface area contributed by atoms with Crippen LogP contribution in [0.2, 0.25) is 5.15 Å². The van der Waals surface area contributed by atoms with E-state index in [2.05, 4.69) is 17.3 Å². The third kappa shape index (κ3) is 4.96. The van der Waals surface area contributed by atoms with Crippen LogP contribution in [0.5, 0.6) is 0 Å². The van der Waals surface area contributed by atoms with Crippen molar-refractivity contribution in [2.45, 2.75) is 39.7 Å². The Kier molecular flexibility index (Phi) is 7.32. The van der Waals surface area contributed by atoms with Crippen molar-refractivity contribution in [2.24, 2.45) is 7.05 Å². The van der Waals surface area contributed by atoms with Crippen molar-refractivity contribution in [1.82, 2.24) is 15.1 Å². The van der Waals surface area contributed by atoms with E-state index in [1.165, 1.54) is 6.42 Å². The van der Waals surface area contributed by atoms with E-state index in [1.807, 2.05) is 14.0 Å². The van der Waals surface area contributed by atoms with Crippen molar-refractivity contribution in [3.05, 3.63) is 16.4 Å². The predicted molar refractivity (Wildman–Crippen MR) is 75.0 cm³/mol. The molecule has 0 unspecified atom stereocenters. The Balaban J connectivity index is 2.11. The standard InChI is InChI=1S/C13H24ClN3O/c1-4-5-8-18-9-6-7-15-10-12-11(2)16-17(3)13(12)14/h15H,4-10H2,1-3H3. The number of aromatic nitrogens is 2. The van der Waals surface area contributed by atoms with Crippen molar-refractivity contribution < 1.29 is 4.74 Å². The molecule has 0 saturated heterocycles. The second-order valence-corrected chi connectivity index (χ2v) is 4.83. The first-order valence-corrected chi connectivity index (χ1v) is 7.01. The van der Waals surface area contributed by atoms with Crippen LogP contribution in [0.4, 0.5) is 0 Å². The molecule has 5 heteroatoms. The molecule has 4 nitrogen and oxygen atoms in total. The highest BCUT2D eigenvalue weighted by molar-refractivity contribution is 6.30. The van der Waals surface area contributed by atoms with Crippen molar-refractivity contribution in [3.63, 3.8) is 0 Å². The molecule has 0 bridgehead atoms. The average Bonchev–Trinajstić information content (AvgIpc) is 2.58. The first-order valence-electron chi connectivity index (χ1n) is 6.63. The van der Waals surface area contributed by atoms with Crippen LogP contribution in [0.3, 0.4) is 0 Å². The number of unbranched alkanes of at least 4 members (excludes halogenated alkanes) is 1. The molecule has 0 spiro atoms. The molecular weight excluding hydrogens is 250 g/mol. The zero-order valence-corrected chi connectivity index (χ0v) is 12.4. The van der Waals surface area contributed by atoms with E-state index in [1.54, 1.807) is 4.68 Å². The summed E-state index contributed by atoms with van der Waals surface area (Å²) < 4.78 is 7.21. The summed E-state index contributed by atoms with van der Waals surface area (Å²) in [6.45, 7) is 7.57. The summed E-state index contributed by atoms with van der Waals surface area (Å²) in [5, 5.41) is 8.37. The minimum Gasteiger partial charge on any atom is -0.381 e. The lowest BCUT2D eigenvalue weighted by Gasteiger charge is -2.05. The number of aryl methyl sites for hydroxylation is 2. The van der Waals surface area contributed by atoms with E-state index < -0.39 is 0 Å². The minimum atomic E-state index is 0.721. The predicted octanol–water partition coefficient (Wildman–Crippen LogP) is 2.68. The van der Waals surface area contributed by atoms with E-state index >= 15 is 0 Å². The summed E-state index contributed by atoms with van der Waals surface area (Å²) >= 11 is 6.15. The van der Waals surface area contributed by atoms with Gasteiger partial charge in [0, 0.05) is 32.4 Å². The zero-order chi connectivity index (χ0) is 13.4. The second-order valence-electron chi connectivity index (χ2n) is 4.47. The van der Waals surface area contributed by atoms with Crippen molar-refractivity contribution in [3.8, 4) is 0 Å². The molecule has 1 aromatic rings. The highest BCUT2D eigenvalue weighted by atomic mass is 35.5. The smallest absolute Gasteiger partial charge is 0.131 e. The first kappa shape index (κ1) is 15.5. The number of halogens is 1. The lowest BCUT2D eigenvalue weighted by Crippen LogP contribution is -2.17. The maximum Gasteiger partial charge on any atom is 0.131 e. The summed E-state index contributed by atoms with van der Waals surface area (Å²) in [7, 11) is 1.86. The summed E-state index contributed by atoms with van der Waals surface area (Å²) in [5.74, 6) is 0. The van der Waals surface area contributed by atoms with Gasteiger partial charge >= 0.3 is 0 Å². The number of hydrogen-bond acceptors (Lipinski definition) is 3. The SMILES string of the molecule is CCCCOCCCNCc1c(C)nn(C)c1Cl. The third-order valence-electron chi connectivity index (χ3n) is 2.86. The maximum atomic E-state index is 6.15. The summed E-state index contributed by atoms with van der Waals surface area (Å²) in [4.78, 5) is 0. The van der Waals surface area contributed by atoms with Crippen LogP contribution in [-0.4, -0.2) is 29.5 Å². The molecule has 0 fully saturated rings. The summed E-state index contributed by atoms with van der Waals surface area (Å²) in [5.41, 5.74) is 2.08. The molecule has 0 radical (unpaired) electrons. The fourth-order valence-electron chi connectivity index (χ4n) is 1.74. The van der Waals surface area contributed by atoms with Crippen LogP contribution in [-0.2, 0) is 18.3 Å². The van der Waals surface area contributed by atoms with Gasteiger partial charge in [0.25, 0.3) is 0 Å². The average molecular weight is 274 g/mol. The van der Waals surface area contributed by atoms with Gasteiger partial charge in [-0.2, -0.15) is 5.10 Å². The Morgan fingerprint density at radius 3 is 2.67 bits per heavy atom. The topological polar surface area (TPSA) is 39.1 Å². The number of nitrogens with zero attached hydrogens (tertiary/aromatic N) is 2. The largest absolute Gasteiger partial charge is 0.381 e. The number of rotatable bonds is 9. The molecule has 104 valence electrons. The molecule has 0 amide bonds. The van der Waals surface area contributed by atoms with Crippen LogP contribution in [0.25, 0.3) is 0 Å². The number of ether oxygens (including phenoxy) is 1. The van der Waals surface area contributed by atoms with Crippen LogP contribution >= 0.6 is 11.6 Å². The number of nitrogens with one attached hydrogen (secondary N) is 1. The van der Waals surface area contributed by atoms with Gasteiger partial charge in [-0.3, -0.25) is 4.68 Å². The molecule has 0 aliphatic carbocycles. The summed E-state index contributed by atoms with van der Waals surface area (Å²) in [6.07, 6.45) is 3.37. The second kappa shape index (κ2) is 8.51. The molecule has 0 aliphatic rings. The molecule has 0 atom stereocenters. The van der Waals surface area contributed by atoms with Gasteiger partial charge in [-0.15, -0.1) is 0 Å². The van der Waals surface area contributed by atoms with Crippen molar-refractivity contribution >= 4 is 11.6 Å². The summed E-state index contributed by atoms with van der Waals surface area (Å²) in [6, 6.07) is 0. The van der Waals surface area contributed by atoms with Crippen LogP contribution in [0, 0.1) is 6.92 Å². The van der Waals surface area contributed by atoms with Gasteiger partial charge in [0.05, 0.1) is 5.69 Å². The minimum absolute atomic E-state index is 0.721. The molecule has 1 rings (SSSR count). The Morgan fingerprint density at radius 1 is 1.33 bits per heavy atom. The van der Waals surface area contributed by atoms with E-state index in [4.69, 9.17) is 16.3 Å². The Bertz CT molecular complexity index is 352. The van der Waals surface area contributed by atoms with Gasteiger partial charge in [0.2, 0.25) is 0 Å². The van der Waals surface area contributed by atoms with E-state index in [0.717, 1.165) is 55.6 Å².